The Morgan fingerprint density at radius 3 is 2.19 bits per heavy atom. The first-order valence-corrected chi connectivity index (χ1v) is 12.3. The number of benzene rings is 3. The van der Waals surface area contributed by atoms with Crippen molar-refractivity contribution in [3.8, 4) is 16.9 Å². The monoisotopic (exact) mass is 500 g/mol. The van der Waals surface area contributed by atoms with Crippen molar-refractivity contribution >= 4 is 18.0 Å². The predicted octanol–water partition coefficient (Wildman–Crippen LogP) is 3.92. The normalized spacial score (nSPS) is 17.1. The number of likely N-dealkylation sites (tertiary alicyclic amines) is 1. The Morgan fingerprint density at radius 1 is 0.946 bits per heavy atom. The van der Waals surface area contributed by atoms with E-state index in [2.05, 4.69) is 17.4 Å². The number of nitrogens with one attached hydrogen (secondary N) is 1. The lowest BCUT2D eigenvalue weighted by atomic mass is 9.98. The molecule has 3 aromatic rings. The van der Waals surface area contributed by atoms with Crippen molar-refractivity contribution in [2.75, 3.05) is 13.2 Å². The number of ether oxygens (including phenoxy) is 1. The van der Waals surface area contributed by atoms with E-state index >= 15 is 0 Å². The van der Waals surface area contributed by atoms with E-state index in [-0.39, 0.29) is 24.7 Å². The molecule has 1 heterocycles. The number of amides is 2. The highest BCUT2D eigenvalue weighted by Gasteiger charge is 2.38. The first-order chi connectivity index (χ1) is 17.9. The average Bonchev–Trinajstić information content (AvgIpc) is 3.52. The molecule has 5 rings (SSSR count). The highest BCUT2D eigenvalue weighted by molar-refractivity contribution is 5.90. The van der Waals surface area contributed by atoms with Crippen LogP contribution in [0.5, 0.6) is 5.75 Å². The van der Waals surface area contributed by atoms with E-state index in [1.807, 2.05) is 36.4 Å². The van der Waals surface area contributed by atoms with Gasteiger partial charge < -0.3 is 25.2 Å². The molecule has 0 saturated carbocycles. The minimum absolute atomic E-state index is 0.0848. The third kappa shape index (κ3) is 5.00. The second-order valence-electron chi connectivity index (χ2n) is 9.42. The van der Waals surface area contributed by atoms with Gasteiger partial charge in [0, 0.05) is 18.9 Å². The van der Waals surface area contributed by atoms with Crippen LogP contribution in [0.15, 0.2) is 72.8 Å². The standard InChI is InChI=1S/C29H28N2O6/c32-19-13-11-18(12-14-19)16-25(27(33)31-15-5-10-26(31)28(34)35)30-29(36)37-17-24-22-8-3-1-6-20(22)21-7-2-4-9-23(21)24/h1-4,6-9,11-14,24-26,32H,5,10,15-17H2,(H,30,36)(H,34,35)/t25-,26-/m0/s1. The van der Waals surface area contributed by atoms with Crippen molar-refractivity contribution in [1.82, 2.24) is 10.2 Å². The summed E-state index contributed by atoms with van der Waals surface area (Å²) in [5.41, 5.74) is 5.09. The number of fused-ring (bicyclic) bond motifs is 3. The van der Waals surface area contributed by atoms with Crippen molar-refractivity contribution < 1.29 is 29.3 Å². The number of hydrogen-bond acceptors (Lipinski definition) is 5. The fourth-order valence-electron chi connectivity index (χ4n) is 5.34. The molecule has 2 aliphatic rings. The highest BCUT2D eigenvalue weighted by Crippen LogP contribution is 2.44. The van der Waals surface area contributed by atoms with Gasteiger partial charge in [-0.2, -0.15) is 0 Å². The second-order valence-corrected chi connectivity index (χ2v) is 9.42. The first kappa shape index (κ1) is 24.4. The van der Waals surface area contributed by atoms with E-state index in [1.165, 1.54) is 17.0 Å². The zero-order valence-electron chi connectivity index (χ0n) is 20.2. The number of aliphatic carboxylic acids is 1. The Kier molecular flexibility index (Phi) is 6.81. The zero-order chi connectivity index (χ0) is 25.9. The molecule has 3 aromatic carbocycles. The molecule has 0 unspecified atom stereocenters. The van der Waals surface area contributed by atoms with Crippen LogP contribution >= 0.6 is 0 Å². The van der Waals surface area contributed by atoms with Crippen molar-refractivity contribution in [3.05, 3.63) is 89.5 Å². The van der Waals surface area contributed by atoms with Crippen LogP contribution in [0.4, 0.5) is 4.79 Å². The number of alkyl carbamates (subject to hydrolysis) is 1. The molecule has 37 heavy (non-hydrogen) atoms. The molecule has 1 aliphatic carbocycles. The first-order valence-electron chi connectivity index (χ1n) is 12.3. The van der Waals surface area contributed by atoms with Crippen LogP contribution in [0.1, 0.15) is 35.4 Å². The van der Waals surface area contributed by atoms with Gasteiger partial charge in [0.15, 0.2) is 0 Å². The SMILES string of the molecule is O=C(N[C@@H](Cc1ccc(O)cc1)C(=O)N1CCC[C@H]1C(=O)O)OCC1c2ccccc2-c2ccccc21. The van der Waals surface area contributed by atoms with Crippen LogP contribution in [0.2, 0.25) is 0 Å². The van der Waals surface area contributed by atoms with Gasteiger partial charge in [0.25, 0.3) is 0 Å². The Labute approximate surface area is 214 Å². The van der Waals surface area contributed by atoms with Crippen LogP contribution in [-0.4, -0.2) is 58.3 Å². The average molecular weight is 501 g/mol. The van der Waals surface area contributed by atoms with Gasteiger partial charge in [0.2, 0.25) is 5.91 Å². The van der Waals surface area contributed by atoms with Crippen molar-refractivity contribution in [2.24, 2.45) is 0 Å². The summed E-state index contributed by atoms with van der Waals surface area (Å²) in [7, 11) is 0. The van der Waals surface area contributed by atoms with Crippen molar-refractivity contribution in [2.45, 2.75) is 37.3 Å². The van der Waals surface area contributed by atoms with Crippen molar-refractivity contribution in [1.29, 1.82) is 0 Å². The summed E-state index contributed by atoms with van der Waals surface area (Å²) in [5, 5.41) is 21.8. The molecular formula is C29H28N2O6. The molecule has 2 atom stereocenters. The van der Waals surface area contributed by atoms with Crippen molar-refractivity contribution in [3.63, 3.8) is 0 Å². The fourth-order valence-corrected chi connectivity index (χ4v) is 5.34. The molecule has 8 heteroatoms. The second kappa shape index (κ2) is 10.3. The molecule has 0 spiro atoms. The summed E-state index contributed by atoms with van der Waals surface area (Å²) in [6, 6.07) is 20.4. The molecule has 2 amide bonds. The fraction of sp³-hybridized carbons (Fsp3) is 0.276. The number of carbonyl (C=O) groups is 3. The van der Waals surface area contributed by atoms with Crippen LogP contribution < -0.4 is 5.32 Å². The zero-order valence-corrected chi connectivity index (χ0v) is 20.2. The predicted molar refractivity (Wildman–Crippen MR) is 136 cm³/mol. The third-order valence-corrected chi connectivity index (χ3v) is 7.13. The maximum atomic E-state index is 13.4. The molecule has 0 radical (unpaired) electrons. The summed E-state index contributed by atoms with van der Waals surface area (Å²) in [4.78, 5) is 39.3. The van der Waals surface area contributed by atoms with Gasteiger partial charge in [0.1, 0.15) is 24.4 Å². The highest BCUT2D eigenvalue weighted by atomic mass is 16.5. The molecule has 8 nitrogen and oxygen atoms in total. The molecule has 1 saturated heterocycles. The van der Waals surface area contributed by atoms with Gasteiger partial charge >= 0.3 is 12.1 Å². The summed E-state index contributed by atoms with van der Waals surface area (Å²) in [6.07, 6.45) is 0.342. The summed E-state index contributed by atoms with van der Waals surface area (Å²) < 4.78 is 5.64. The lowest BCUT2D eigenvalue weighted by Gasteiger charge is -2.27. The molecule has 1 aliphatic heterocycles. The Balaban J connectivity index is 1.32. The summed E-state index contributed by atoms with van der Waals surface area (Å²) >= 11 is 0. The van der Waals surface area contributed by atoms with E-state index in [1.54, 1.807) is 12.1 Å². The smallest absolute Gasteiger partial charge is 0.407 e. The molecule has 3 N–H and O–H groups in total. The Morgan fingerprint density at radius 2 is 1.57 bits per heavy atom. The number of aromatic hydroxyl groups is 1. The molecular weight excluding hydrogens is 472 g/mol. The number of carbonyl (C=O) groups excluding carboxylic acids is 2. The van der Waals surface area contributed by atoms with Gasteiger partial charge in [-0.05, 0) is 52.8 Å². The number of carboxylic acid groups (broad SMARTS) is 1. The summed E-state index contributed by atoms with van der Waals surface area (Å²) in [6.45, 7) is 0.412. The van der Waals surface area contributed by atoms with Gasteiger partial charge in [-0.15, -0.1) is 0 Å². The largest absolute Gasteiger partial charge is 0.508 e. The van der Waals surface area contributed by atoms with Gasteiger partial charge in [-0.3, -0.25) is 4.79 Å². The number of rotatable bonds is 7. The van der Waals surface area contributed by atoms with E-state index < -0.39 is 30.1 Å². The van der Waals surface area contributed by atoms with Gasteiger partial charge in [0.05, 0.1) is 0 Å². The number of nitrogens with zero attached hydrogens (tertiary/aromatic N) is 1. The van der Waals surface area contributed by atoms with Crippen LogP contribution in [0, 0.1) is 0 Å². The molecule has 0 aromatic heterocycles. The summed E-state index contributed by atoms with van der Waals surface area (Å²) in [5.74, 6) is -1.57. The lowest BCUT2D eigenvalue weighted by Crippen LogP contribution is -2.52. The van der Waals surface area contributed by atoms with Gasteiger partial charge in [-0.25, -0.2) is 9.59 Å². The molecule has 190 valence electrons. The number of hydrogen-bond donors (Lipinski definition) is 3. The van der Waals surface area contributed by atoms with Crippen LogP contribution in [-0.2, 0) is 20.7 Å². The van der Waals surface area contributed by atoms with E-state index in [4.69, 9.17) is 4.74 Å². The minimum Gasteiger partial charge on any atom is -0.508 e. The van der Waals surface area contributed by atoms with E-state index in [0.29, 0.717) is 24.9 Å². The quantitative estimate of drug-likeness (QED) is 0.453. The Hall–Kier alpha value is -4.33. The van der Waals surface area contributed by atoms with Crippen LogP contribution in [0.25, 0.3) is 11.1 Å². The minimum atomic E-state index is -1.06. The third-order valence-electron chi connectivity index (χ3n) is 7.13. The Bertz CT molecular complexity index is 1280. The maximum Gasteiger partial charge on any atom is 0.407 e. The van der Waals surface area contributed by atoms with E-state index in [0.717, 1.165) is 22.3 Å². The molecule has 1 fully saturated rings. The van der Waals surface area contributed by atoms with Gasteiger partial charge in [-0.1, -0.05) is 60.7 Å². The van der Waals surface area contributed by atoms with Crippen LogP contribution in [0.3, 0.4) is 0 Å². The number of phenolic OH excluding ortho intramolecular Hbond substituents is 1. The van der Waals surface area contributed by atoms with E-state index in [9.17, 15) is 24.6 Å². The number of phenols is 1. The molecule has 0 bridgehead atoms. The maximum absolute atomic E-state index is 13.4. The topological polar surface area (TPSA) is 116 Å². The number of carboxylic acids is 1. The lowest BCUT2D eigenvalue weighted by molar-refractivity contribution is -0.148.